The van der Waals surface area contributed by atoms with Crippen LogP contribution < -0.4 is 5.32 Å². The van der Waals surface area contributed by atoms with Gasteiger partial charge in [0.05, 0.1) is 11.6 Å². The predicted octanol–water partition coefficient (Wildman–Crippen LogP) is 2.41. The van der Waals surface area contributed by atoms with E-state index in [0.29, 0.717) is 11.4 Å². The van der Waals surface area contributed by atoms with Crippen LogP contribution in [0.2, 0.25) is 0 Å². The fourth-order valence-corrected chi connectivity index (χ4v) is 3.25. The lowest BCUT2D eigenvalue weighted by Gasteiger charge is -2.17. The van der Waals surface area contributed by atoms with Crippen LogP contribution in [0.1, 0.15) is 22.1 Å². The van der Waals surface area contributed by atoms with Gasteiger partial charge in [-0.15, -0.1) is 0 Å². The largest absolute Gasteiger partial charge is 0.343 e. The molecule has 1 aromatic heterocycles. The number of rotatable bonds is 5. The zero-order valence-corrected chi connectivity index (χ0v) is 13.5. The quantitative estimate of drug-likeness (QED) is 0.756. The summed E-state index contributed by atoms with van der Waals surface area (Å²) in [5.41, 5.74) is 2.09. The van der Waals surface area contributed by atoms with E-state index in [-0.39, 0.29) is 11.9 Å². The smallest absolute Gasteiger partial charge is 0.272 e. The number of amides is 1. The summed E-state index contributed by atoms with van der Waals surface area (Å²) in [6.45, 7) is 0. The Bertz CT molecular complexity index is 845. The molecule has 0 saturated heterocycles. The zero-order chi connectivity index (χ0) is 16.2. The van der Waals surface area contributed by atoms with Crippen LogP contribution in [0, 0.1) is 0 Å². The van der Waals surface area contributed by atoms with Crippen LogP contribution in [0.25, 0.3) is 10.9 Å². The van der Waals surface area contributed by atoms with Gasteiger partial charge >= 0.3 is 0 Å². The van der Waals surface area contributed by atoms with Crippen LogP contribution in [0.4, 0.5) is 0 Å². The lowest BCUT2D eigenvalue weighted by Crippen LogP contribution is -2.32. The molecule has 0 aliphatic carbocycles. The summed E-state index contributed by atoms with van der Waals surface area (Å²) in [5, 5.41) is 10.7. The van der Waals surface area contributed by atoms with E-state index in [9.17, 15) is 9.00 Å². The lowest BCUT2D eigenvalue weighted by molar-refractivity contribution is 0.0937. The summed E-state index contributed by atoms with van der Waals surface area (Å²) in [4.78, 5) is 12.6. The average molecular weight is 327 g/mol. The number of aromatic amines is 1. The maximum absolute atomic E-state index is 12.6. The third-order valence-corrected chi connectivity index (χ3v) is 4.40. The van der Waals surface area contributed by atoms with Crippen molar-refractivity contribution in [2.24, 2.45) is 0 Å². The number of hydrogen-bond acceptors (Lipinski definition) is 3. The Kier molecular flexibility index (Phi) is 4.52. The molecule has 0 aliphatic heterocycles. The topological polar surface area (TPSA) is 74.8 Å². The van der Waals surface area contributed by atoms with Crippen LogP contribution in [-0.2, 0) is 10.8 Å². The number of para-hydroxylation sites is 1. The van der Waals surface area contributed by atoms with Gasteiger partial charge in [0.25, 0.3) is 5.91 Å². The van der Waals surface area contributed by atoms with Crippen molar-refractivity contribution in [3.05, 3.63) is 65.9 Å². The summed E-state index contributed by atoms with van der Waals surface area (Å²) < 4.78 is 11.6. The zero-order valence-electron chi connectivity index (χ0n) is 12.7. The van der Waals surface area contributed by atoms with Crippen molar-refractivity contribution in [1.29, 1.82) is 0 Å². The van der Waals surface area contributed by atoms with Crippen LogP contribution in [0.5, 0.6) is 0 Å². The van der Waals surface area contributed by atoms with Gasteiger partial charge in [0.15, 0.2) is 5.69 Å². The first-order chi connectivity index (χ1) is 11.1. The second-order valence-electron chi connectivity index (χ2n) is 5.29. The number of nitrogens with one attached hydrogen (secondary N) is 2. The highest BCUT2D eigenvalue weighted by molar-refractivity contribution is 7.84. The molecule has 1 heterocycles. The third kappa shape index (κ3) is 3.48. The molecular formula is C17H17N3O2S. The first-order valence-electron chi connectivity index (χ1n) is 7.24. The van der Waals surface area contributed by atoms with Crippen molar-refractivity contribution in [2.75, 3.05) is 12.0 Å². The van der Waals surface area contributed by atoms with Crippen molar-refractivity contribution in [3.8, 4) is 0 Å². The van der Waals surface area contributed by atoms with Gasteiger partial charge in [0.2, 0.25) is 0 Å². The number of hydrogen-bond donors (Lipinski definition) is 2. The molecule has 118 valence electrons. The van der Waals surface area contributed by atoms with Gasteiger partial charge in [0.1, 0.15) is 0 Å². The van der Waals surface area contributed by atoms with Crippen molar-refractivity contribution >= 4 is 27.6 Å². The summed E-state index contributed by atoms with van der Waals surface area (Å²) in [6, 6.07) is 16.7. The van der Waals surface area contributed by atoms with E-state index in [4.69, 9.17) is 0 Å². The molecule has 2 aromatic carbocycles. The van der Waals surface area contributed by atoms with Crippen LogP contribution in [0.3, 0.4) is 0 Å². The highest BCUT2D eigenvalue weighted by Gasteiger charge is 2.20. The van der Waals surface area contributed by atoms with Gasteiger partial charge in [-0.05, 0) is 11.6 Å². The normalized spacial score (nSPS) is 13.6. The summed E-state index contributed by atoms with van der Waals surface area (Å²) in [5.74, 6) is 0.0831. The molecule has 1 amide bonds. The molecule has 0 bridgehead atoms. The first-order valence-corrected chi connectivity index (χ1v) is 8.97. The lowest BCUT2D eigenvalue weighted by atomic mass is 10.1. The Morgan fingerprint density at radius 3 is 2.61 bits per heavy atom. The molecule has 0 saturated carbocycles. The van der Waals surface area contributed by atoms with E-state index >= 15 is 0 Å². The van der Waals surface area contributed by atoms with Crippen LogP contribution in [-0.4, -0.2) is 32.3 Å². The number of nitrogens with zero attached hydrogens (tertiary/aromatic N) is 1. The number of carbonyl (C=O) groups is 1. The van der Waals surface area contributed by atoms with Gasteiger partial charge < -0.3 is 5.32 Å². The van der Waals surface area contributed by atoms with Gasteiger partial charge in [-0.2, -0.15) is 5.10 Å². The maximum atomic E-state index is 12.6. The molecule has 0 aliphatic rings. The van der Waals surface area contributed by atoms with E-state index in [2.05, 4.69) is 15.5 Å². The third-order valence-electron chi connectivity index (χ3n) is 3.59. The number of carbonyl (C=O) groups excluding carboxylic acids is 1. The number of fused-ring (bicyclic) bond motifs is 1. The van der Waals surface area contributed by atoms with Crippen molar-refractivity contribution in [3.63, 3.8) is 0 Å². The Balaban J connectivity index is 1.87. The fourth-order valence-electron chi connectivity index (χ4n) is 2.50. The van der Waals surface area contributed by atoms with Crippen molar-refractivity contribution in [2.45, 2.75) is 6.04 Å². The molecule has 0 fully saturated rings. The molecule has 0 radical (unpaired) electrons. The van der Waals surface area contributed by atoms with E-state index < -0.39 is 10.8 Å². The highest BCUT2D eigenvalue weighted by atomic mass is 32.2. The minimum absolute atomic E-state index is 0.276. The first kappa shape index (κ1) is 15.4. The Morgan fingerprint density at radius 1 is 1.17 bits per heavy atom. The summed E-state index contributed by atoms with van der Waals surface area (Å²) in [6.07, 6.45) is 1.63. The predicted molar refractivity (Wildman–Crippen MR) is 91.7 cm³/mol. The molecule has 2 atom stereocenters. The van der Waals surface area contributed by atoms with Crippen LogP contribution >= 0.6 is 0 Å². The second kappa shape index (κ2) is 6.75. The minimum atomic E-state index is -1.03. The number of benzene rings is 2. The van der Waals surface area contributed by atoms with E-state index in [1.165, 1.54) is 0 Å². The van der Waals surface area contributed by atoms with Gasteiger partial charge in [-0.3, -0.25) is 14.1 Å². The monoisotopic (exact) mass is 327 g/mol. The molecule has 5 nitrogen and oxygen atoms in total. The van der Waals surface area contributed by atoms with Crippen molar-refractivity contribution < 1.29 is 9.00 Å². The highest BCUT2D eigenvalue weighted by Crippen LogP contribution is 2.18. The van der Waals surface area contributed by atoms with Gasteiger partial charge in [0, 0.05) is 28.2 Å². The Hall–Kier alpha value is -2.47. The Labute approximate surface area is 136 Å². The molecule has 6 heteroatoms. The molecule has 3 rings (SSSR count). The van der Waals surface area contributed by atoms with Crippen LogP contribution in [0.15, 0.2) is 54.6 Å². The second-order valence-corrected chi connectivity index (χ2v) is 6.77. The molecule has 3 aromatic rings. The molecule has 23 heavy (non-hydrogen) atoms. The Morgan fingerprint density at radius 2 is 1.87 bits per heavy atom. The summed E-state index contributed by atoms with van der Waals surface area (Å²) >= 11 is 0. The van der Waals surface area contributed by atoms with Gasteiger partial charge in [-0.1, -0.05) is 48.5 Å². The number of H-pyrrole nitrogens is 1. The molecular weight excluding hydrogens is 310 g/mol. The van der Waals surface area contributed by atoms with E-state index in [1.54, 1.807) is 6.26 Å². The molecule has 2 N–H and O–H groups in total. The minimum Gasteiger partial charge on any atom is -0.343 e. The molecule has 0 spiro atoms. The number of aromatic nitrogens is 2. The fraction of sp³-hybridized carbons (Fsp3) is 0.176. The SMILES string of the molecule is C[S@](=O)C[C@@H](NC(=O)c1n[nH]c2ccccc12)c1ccccc1. The average Bonchev–Trinajstić information content (AvgIpc) is 2.99. The summed E-state index contributed by atoms with van der Waals surface area (Å²) in [7, 11) is -1.03. The standard InChI is InChI=1S/C17H17N3O2S/c1-23(22)11-15(12-7-3-2-4-8-12)18-17(21)16-13-9-5-6-10-14(13)19-20-16/h2-10,15H,11H2,1H3,(H,18,21)(H,19,20)/t15-,23+/m1/s1. The van der Waals surface area contributed by atoms with E-state index in [0.717, 1.165) is 16.5 Å². The maximum Gasteiger partial charge on any atom is 0.272 e. The van der Waals surface area contributed by atoms with Crippen molar-refractivity contribution in [1.82, 2.24) is 15.5 Å². The van der Waals surface area contributed by atoms with E-state index in [1.807, 2.05) is 54.6 Å². The van der Waals surface area contributed by atoms with Gasteiger partial charge in [-0.25, -0.2) is 0 Å². The molecule has 0 unspecified atom stereocenters.